The Morgan fingerprint density at radius 2 is 1.94 bits per heavy atom. The van der Waals surface area contributed by atoms with E-state index < -0.39 is 5.97 Å². The molecule has 31 heavy (non-hydrogen) atoms. The molecule has 0 aliphatic rings. The van der Waals surface area contributed by atoms with Crippen molar-refractivity contribution in [3.8, 4) is 5.75 Å². The third-order valence-electron chi connectivity index (χ3n) is 4.87. The van der Waals surface area contributed by atoms with Crippen molar-refractivity contribution < 1.29 is 19.4 Å². The molecule has 0 spiro atoms. The highest BCUT2D eigenvalue weighted by Crippen LogP contribution is 2.37. The molecule has 1 unspecified atom stereocenters. The SMILES string of the molecule is COCCOC(=O)c1ccc(NC(c2cccs2)c2ccc3cccnc3c2O)cc1. The summed E-state index contributed by atoms with van der Waals surface area (Å²) in [6, 6.07) is 18.4. The number of phenolic OH excluding ortho intramolecular Hbond substituents is 1. The molecule has 1 atom stereocenters. The van der Waals surface area contributed by atoms with E-state index in [4.69, 9.17) is 9.47 Å². The topological polar surface area (TPSA) is 80.7 Å². The van der Waals surface area contributed by atoms with Crippen LogP contribution in [0.25, 0.3) is 10.9 Å². The van der Waals surface area contributed by atoms with Crippen molar-refractivity contribution in [1.29, 1.82) is 0 Å². The lowest BCUT2D eigenvalue weighted by molar-refractivity contribution is 0.0388. The van der Waals surface area contributed by atoms with E-state index in [0.29, 0.717) is 17.7 Å². The lowest BCUT2D eigenvalue weighted by atomic mass is 10.0. The number of nitrogens with zero attached hydrogens (tertiary/aromatic N) is 1. The molecule has 6 nitrogen and oxygen atoms in total. The maximum atomic E-state index is 12.1. The minimum atomic E-state index is -0.392. The monoisotopic (exact) mass is 434 g/mol. The number of rotatable bonds is 8. The number of hydrogen-bond acceptors (Lipinski definition) is 7. The van der Waals surface area contributed by atoms with Gasteiger partial charge in [0, 0.05) is 34.8 Å². The Labute approximate surface area is 184 Å². The first kappa shape index (κ1) is 20.8. The number of ether oxygens (including phenoxy) is 2. The lowest BCUT2D eigenvalue weighted by Crippen LogP contribution is -2.12. The average molecular weight is 435 g/mol. The van der Waals surface area contributed by atoms with Crippen LogP contribution in [0.3, 0.4) is 0 Å². The second kappa shape index (κ2) is 9.59. The number of pyridine rings is 1. The second-order valence-corrected chi connectivity index (χ2v) is 7.86. The highest BCUT2D eigenvalue weighted by atomic mass is 32.1. The van der Waals surface area contributed by atoms with Crippen LogP contribution in [0.15, 0.2) is 72.2 Å². The zero-order valence-corrected chi connectivity index (χ0v) is 17.8. The van der Waals surface area contributed by atoms with Gasteiger partial charge in [0.05, 0.1) is 18.2 Å². The van der Waals surface area contributed by atoms with Gasteiger partial charge in [0.15, 0.2) is 0 Å². The van der Waals surface area contributed by atoms with Crippen molar-refractivity contribution in [3.05, 3.63) is 88.2 Å². The van der Waals surface area contributed by atoms with Crippen molar-refractivity contribution in [1.82, 2.24) is 4.98 Å². The van der Waals surface area contributed by atoms with E-state index in [1.165, 1.54) is 0 Å². The minimum Gasteiger partial charge on any atom is -0.505 e. The van der Waals surface area contributed by atoms with Crippen LogP contribution in [0, 0.1) is 0 Å². The Morgan fingerprint density at radius 1 is 1.10 bits per heavy atom. The Bertz CT molecular complexity index is 1160. The van der Waals surface area contributed by atoms with Crippen molar-refractivity contribution in [3.63, 3.8) is 0 Å². The number of methoxy groups -OCH3 is 1. The van der Waals surface area contributed by atoms with Crippen LogP contribution in [0.2, 0.25) is 0 Å². The standard InChI is InChI=1S/C24H22N2O4S/c1-29-13-14-30-24(28)17-6-9-18(10-7-17)26-22(20-5-3-15-31-20)19-11-8-16-4-2-12-25-21(16)23(19)27/h2-12,15,22,26-27H,13-14H2,1H3. The molecule has 0 saturated heterocycles. The molecular weight excluding hydrogens is 412 g/mol. The molecule has 0 saturated carbocycles. The van der Waals surface area contributed by atoms with E-state index in [1.54, 1.807) is 36.8 Å². The molecule has 4 rings (SSSR count). The van der Waals surface area contributed by atoms with Gasteiger partial charge in [0.2, 0.25) is 0 Å². The Morgan fingerprint density at radius 3 is 2.68 bits per heavy atom. The van der Waals surface area contributed by atoms with Crippen LogP contribution in [-0.4, -0.2) is 36.4 Å². The molecule has 0 radical (unpaired) electrons. The molecule has 0 aliphatic heterocycles. The molecule has 0 amide bonds. The van der Waals surface area contributed by atoms with E-state index in [2.05, 4.69) is 10.3 Å². The highest BCUT2D eigenvalue weighted by molar-refractivity contribution is 7.10. The van der Waals surface area contributed by atoms with Crippen molar-refractivity contribution >= 4 is 33.9 Å². The molecule has 0 fully saturated rings. The van der Waals surface area contributed by atoms with Gasteiger partial charge in [-0.1, -0.05) is 24.3 Å². The van der Waals surface area contributed by atoms with Gasteiger partial charge in [0.1, 0.15) is 17.9 Å². The summed E-state index contributed by atoms with van der Waals surface area (Å²) in [6.45, 7) is 0.572. The molecule has 0 aliphatic carbocycles. The third kappa shape index (κ3) is 4.68. The van der Waals surface area contributed by atoms with E-state index in [-0.39, 0.29) is 18.4 Å². The predicted molar refractivity (Wildman–Crippen MR) is 122 cm³/mol. The fraction of sp³-hybridized carbons (Fsp3) is 0.167. The molecule has 2 heterocycles. The van der Waals surface area contributed by atoms with Crippen LogP contribution in [-0.2, 0) is 9.47 Å². The van der Waals surface area contributed by atoms with Crippen LogP contribution in [0.5, 0.6) is 5.75 Å². The summed E-state index contributed by atoms with van der Waals surface area (Å²) in [4.78, 5) is 17.5. The largest absolute Gasteiger partial charge is 0.505 e. The molecule has 0 bridgehead atoms. The number of esters is 1. The van der Waals surface area contributed by atoms with Crippen LogP contribution in [0.4, 0.5) is 5.69 Å². The van der Waals surface area contributed by atoms with Gasteiger partial charge >= 0.3 is 5.97 Å². The van der Waals surface area contributed by atoms with Gasteiger partial charge in [-0.25, -0.2) is 4.79 Å². The van der Waals surface area contributed by atoms with Gasteiger partial charge < -0.3 is 19.9 Å². The number of fused-ring (bicyclic) bond motifs is 1. The van der Waals surface area contributed by atoms with Gasteiger partial charge in [-0.3, -0.25) is 4.98 Å². The number of hydrogen-bond donors (Lipinski definition) is 2. The van der Waals surface area contributed by atoms with Gasteiger partial charge in [-0.15, -0.1) is 11.3 Å². The fourth-order valence-electron chi connectivity index (χ4n) is 3.31. The van der Waals surface area contributed by atoms with Crippen LogP contribution < -0.4 is 5.32 Å². The summed E-state index contributed by atoms with van der Waals surface area (Å²) in [6.07, 6.45) is 1.67. The van der Waals surface area contributed by atoms with Crippen molar-refractivity contribution in [2.24, 2.45) is 0 Å². The number of phenols is 1. The summed E-state index contributed by atoms with van der Waals surface area (Å²) in [7, 11) is 1.56. The second-order valence-electron chi connectivity index (χ2n) is 6.88. The van der Waals surface area contributed by atoms with E-state index in [1.807, 2.05) is 53.9 Å². The number of carbonyl (C=O) groups is 1. The lowest BCUT2D eigenvalue weighted by Gasteiger charge is -2.21. The number of nitrogens with one attached hydrogen (secondary N) is 1. The number of aromatic hydroxyl groups is 1. The molecule has 4 aromatic rings. The summed E-state index contributed by atoms with van der Waals surface area (Å²) < 4.78 is 10.0. The number of carbonyl (C=O) groups excluding carboxylic acids is 1. The zero-order chi connectivity index (χ0) is 21.6. The molecule has 7 heteroatoms. The maximum Gasteiger partial charge on any atom is 0.338 e. The van der Waals surface area contributed by atoms with Crippen LogP contribution in [0.1, 0.15) is 26.8 Å². The summed E-state index contributed by atoms with van der Waals surface area (Å²) in [5, 5.41) is 17.3. The number of anilines is 1. The molecule has 2 aromatic heterocycles. The summed E-state index contributed by atoms with van der Waals surface area (Å²) in [5.41, 5.74) is 2.58. The van der Waals surface area contributed by atoms with Crippen molar-refractivity contribution in [2.45, 2.75) is 6.04 Å². The zero-order valence-electron chi connectivity index (χ0n) is 16.9. The van der Waals surface area contributed by atoms with E-state index >= 15 is 0 Å². The minimum absolute atomic E-state index is 0.155. The Balaban J connectivity index is 1.61. The smallest absolute Gasteiger partial charge is 0.338 e. The van der Waals surface area contributed by atoms with E-state index in [9.17, 15) is 9.90 Å². The quantitative estimate of drug-likeness (QED) is 0.300. The normalized spacial score (nSPS) is 11.9. The predicted octanol–water partition coefficient (Wildman–Crippen LogP) is 5.01. The van der Waals surface area contributed by atoms with Crippen LogP contribution >= 0.6 is 11.3 Å². The first-order valence-corrected chi connectivity index (χ1v) is 10.7. The Hall–Kier alpha value is -3.42. The van der Waals surface area contributed by atoms with Gasteiger partial charge in [0.25, 0.3) is 0 Å². The number of benzene rings is 2. The molecule has 2 aromatic carbocycles. The number of thiophene rings is 1. The maximum absolute atomic E-state index is 12.1. The van der Waals surface area contributed by atoms with Crippen molar-refractivity contribution in [2.75, 3.05) is 25.6 Å². The fourth-order valence-corrected chi connectivity index (χ4v) is 4.10. The van der Waals surface area contributed by atoms with Gasteiger partial charge in [-0.2, -0.15) is 0 Å². The van der Waals surface area contributed by atoms with E-state index in [0.717, 1.165) is 21.5 Å². The first-order chi connectivity index (χ1) is 15.2. The number of aromatic nitrogens is 1. The molecule has 158 valence electrons. The molecular formula is C24H22N2O4S. The highest BCUT2D eigenvalue weighted by Gasteiger charge is 2.21. The Kier molecular flexibility index (Phi) is 6.45. The average Bonchev–Trinajstić information content (AvgIpc) is 3.33. The third-order valence-corrected chi connectivity index (χ3v) is 5.81. The summed E-state index contributed by atoms with van der Waals surface area (Å²) >= 11 is 1.60. The van der Waals surface area contributed by atoms with Gasteiger partial charge in [-0.05, 0) is 41.8 Å². The summed E-state index contributed by atoms with van der Waals surface area (Å²) in [5.74, 6) is -0.237. The first-order valence-electron chi connectivity index (χ1n) is 9.80. The molecule has 2 N–H and O–H groups in total.